The van der Waals surface area contributed by atoms with Crippen LogP contribution in [0.3, 0.4) is 0 Å². The predicted octanol–water partition coefficient (Wildman–Crippen LogP) is 0.849. The number of benzene rings is 1. The molecule has 0 saturated carbocycles. The molecule has 27 heavy (non-hydrogen) atoms. The highest BCUT2D eigenvalue weighted by Crippen LogP contribution is 2.24. The van der Waals surface area contributed by atoms with Crippen molar-refractivity contribution >= 4 is 23.4 Å². The Hall–Kier alpha value is -2.90. The molecule has 2 rings (SSSR count). The normalized spacial score (nSPS) is 18.6. The number of nitrogens with one attached hydrogen (secondary N) is 2. The standard InChI is InChI=1S/C19H26N4O4/c1-11(2)15(22-27)18(25)20-12(3)17(24)21-16-14-8-6-5-7-13(14)9-10-23(4)19(16)26/h5-8,11-12,16,27H,9-10H2,1-4H3,(H,20,25)(H,21,24)/t12-,16-/m0/s1. The SMILES string of the molecule is CC(C)C(=NO)C(=O)N[C@@H](C)C(=O)N[C@@H]1C(=O)N(C)CCc2ccccc21. The number of oxime groups is 1. The van der Waals surface area contributed by atoms with Crippen molar-refractivity contribution in [1.29, 1.82) is 0 Å². The molecule has 1 aromatic rings. The molecule has 1 aromatic carbocycles. The van der Waals surface area contributed by atoms with E-state index in [1.54, 1.807) is 25.8 Å². The zero-order valence-corrected chi connectivity index (χ0v) is 16.0. The summed E-state index contributed by atoms with van der Waals surface area (Å²) >= 11 is 0. The average molecular weight is 374 g/mol. The van der Waals surface area contributed by atoms with Crippen molar-refractivity contribution in [1.82, 2.24) is 15.5 Å². The molecular formula is C19H26N4O4. The van der Waals surface area contributed by atoms with E-state index >= 15 is 0 Å². The topological polar surface area (TPSA) is 111 Å². The van der Waals surface area contributed by atoms with Crippen molar-refractivity contribution in [3.63, 3.8) is 0 Å². The van der Waals surface area contributed by atoms with Crippen LogP contribution in [0.1, 0.15) is 37.9 Å². The minimum absolute atomic E-state index is 0.0646. The van der Waals surface area contributed by atoms with E-state index in [4.69, 9.17) is 5.21 Å². The minimum atomic E-state index is -0.901. The summed E-state index contributed by atoms with van der Waals surface area (Å²) in [6.07, 6.45) is 0.710. The highest BCUT2D eigenvalue weighted by molar-refractivity contribution is 6.39. The monoisotopic (exact) mass is 374 g/mol. The molecule has 0 bridgehead atoms. The third kappa shape index (κ3) is 4.64. The lowest BCUT2D eigenvalue weighted by Gasteiger charge is -2.24. The molecule has 1 aliphatic heterocycles. The van der Waals surface area contributed by atoms with Crippen LogP contribution in [0.5, 0.6) is 0 Å². The van der Waals surface area contributed by atoms with Gasteiger partial charge in [0.05, 0.1) is 0 Å². The van der Waals surface area contributed by atoms with E-state index in [-0.39, 0.29) is 17.5 Å². The first-order chi connectivity index (χ1) is 12.8. The van der Waals surface area contributed by atoms with Gasteiger partial charge in [0.25, 0.3) is 5.91 Å². The molecule has 2 atom stereocenters. The lowest BCUT2D eigenvalue weighted by atomic mass is 9.99. The van der Waals surface area contributed by atoms with Gasteiger partial charge in [0.1, 0.15) is 17.8 Å². The second-order valence-electron chi connectivity index (χ2n) is 6.99. The van der Waals surface area contributed by atoms with E-state index in [9.17, 15) is 14.4 Å². The van der Waals surface area contributed by atoms with Gasteiger partial charge in [-0.15, -0.1) is 0 Å². The van der Waals surface area contributed by atoms with Gasteiger partial charge >= 0.3 is 0 Å². The second kappa shape index (κ2) is 8.66. The second-order valence-corrected chi connectivity index (χ2v) is 6.99. The molecule has 0 unspecified atom stereocenters. The van der Waals surface area contributed by atoms with Crippen LogP contribution in [0.2, 0.25) is 0 Å². The summed E-state index contributed by atoms with van der Waals surface area (Å²) in [4.78, 5) is 39.0. The molecule has 0 radical (unpaired) electrons. The number of hydrogen-bond acceptors (Lipinski definition) is 5. The molecule has 8 nitrogen and oxygen atoms in total. The molecule has 1 aliphatic rings. The van der Waals surface area contributed by atoms with Crippen LogP contribution in [0.25, 0.3) is 0 Å². The van der Waals surface area contributed by atoms with Crippen molar-refractivity contribution in [3.8, 4) is 0 Å². The fourth-order valence-corrected chi connectivity index (χ4v) is 2.96. The Kier molecular flexibility index (Phi) is 6.55. The van der Waals surface area contributed by atoms with Crippen molar-refractivity contribution < 1.29 is 19.6 Å². The Balaban J connectivity index is 2.15. The lowest BCUT2D eigenvalue weighted by Crippen LogP contribution is -2.50. The smallest absolute Gasteiger partial charge is 0.269 e. The zero-order chi connectivity index (χ0) is 20.1. The van der Waals surface area contributed by atoms with E-state index < -0.39 is 23.9 Å². The third-order valence-corrected chi connectivity index (χ3v) is 4.62. The number of carbonyl (C=O) groups is 3. The van der Waals surface area contributed by atoms with Crippen molar-refractivity contribution in [2.24, 2.45) is 11.1 Å². The highest BCUT2D eigenvalue weighted by Gasteiger charge is 2.32. The molecule has 0 spiro atoms. The Morgan fingerprint density at radius 3 is 2.56 bits per heavy atom. The van der Waals surface area contributed by atoms with Gasteiger partial charge in [-0.05, 0) is 24.5 Å². The fraction of sp³-hybridized carbons (Fsp3) is 0.474. The van der Waals surface area contributed by atoms with Gasteiger partial charge < -0.3 is 20.7 Å². The number of amides is 3. The van der Waals surface area contributed by atoms with Crippen LogP contribution in [-0.4, -0.2) is 53.2 Å². The average Bonchev–Trinajstić information content (AvgIpc) is 2.74. The molecule has 0 aliphatic carbocycles. The van der Waals surface area contributed by atoms with E-state index in [0.717, 1.165) is 11.1 Å². The van der Waals surface area contributed by atoms with Crippen LogP contribution in [0.15, 0.2) is 29.4 Å². The molecule has 0 saturated heterocycles. The zero-order valence-electron chi connectivity index (χ0n) is 16.0. The van der Waals surface area contributed by atoms with Crippen molar-refractivity contribution in [3.05, 3.63) is 35.4 Å². The number of rotatable bonds is 5. The van der Waals surface area contributed by atoms with E-state index in [2.05, 4.69) is 15.8 Å². The molecule has 8 heteroatoms. The first-order valence-electron chi connectivity index (χ1n) is 8.92. The van der Waals surface area contributed by atoms with Crippen LogP contribution >= 0.6 is 0 Å². The van der Waals surface area contributed by atoms with Crippen molar-refractivity contribution in [2.45, 2.75) is 39.3 Å². The molecule has 3 amide bonds. The quantitative estimate of drug-likeness (QED) is 0.403. The summed E-state index contributed by atoms with van der Waals surface area (Å²) in [5.74, 6) is -1.62. The van der Waals surface area contributed by atoms with Gasteiger partial charge in [0, 0.05) is 19.5 Å². The van der Waals surface area contributed by atoms with Crippen LogP contribution in [0, 0.1) is 5.92 Å². The van der Waals surface area contributed by atoms with E-state index in [1.807, 2.05) is 24.3 Å². The maximum Gasteiger partial charge on any atom is 0.269 e. The summed E-state index contributed by atoms with van der Waals surface area (Å²) in [5, 5.41) is 17.2. The summed E-state index contributed by atoms with van der Waals surface area (Å²) in [6, 6.07) is 5.79. The summed E-state index contributed by atoms with van der Waals surface area (Å²) in [7, 11) is 1.70. The Labute approximate surface area is 158 Å². The minimum Gasteiger partial charge on any atom is -0.410 e. The maximum absolute atomic E-state index is 12.7. The van der Waals surface area contributed by atoms with E-state index in [1.165, 1.54) is 6.92 Å². The van der Waals surface area contributed by atoms with Gasteiger partial charge in [-0.25, -0.2) is 0 Å². The number of carbonyl (C=O) groups excluding carboxylic acids is 3. The number of nitrogens with zero attached hydrogens (tertiary/aromatic N) is 2. The summed E-state index contributed by atoms with van der Waals surface area (Å²) in [5.41, 5.74) is 1.70. The van der Waals surface area contributed by atoms with Gasteiger partial charge in [0.15, 0.2) is 0 Å². The summed E-state index contributed by atoms with van der Waals surface area (Å²) < 4.78 is 0. The van der Waals surface area contributed by atoms with Crippen LogP contribution in [-0.2, 0) is 20.8 Å². The van der Waals surface area contributed by atoms with Crippen molar-refractivity contribution in [2.75, 3.05) is 13.6 Å². The first kappa shape index (κ1) is 20.4. The first-order valence-corrected chi connectivity index (χ1v) is 8.92. The number of likely N-dealkylation sites (N-methyl/N-ethyl adjacent to an activating group) is 1. The Morgan fingerprint density at radius 1 is 1.26 bits per heavy atom. The van der Waals surface area contributed by atoms with Gasteiger partial charge in [-0.2, -0.15) is 0 Å². The third-order valence-electron chi connectivity index (χ3n) is 4.62. The molecule has 1 heterocycles. The molecular weight excluding hydrogens is 348 g/mol. The Morgan fingerprint density at radius 2 is 1.93 bits per heavy atom. The van der Waals surface area contributed by atoms with Gasteiger partial charge in [-0.3, -0.25) is 14.4 Å². The molecule has 146 valence electrons. The highest BCUT2D eigenvalue weighted by atomic mass is 16.4. The fourth-order valence-electron chi connectivity index (χ4n) is 2.96. The molecule has 3 N–H and O–H groups in total. The van der Waals surface area contributed by atoms with Crippen LogP contribution < -0.4 is 10.6 Å². The van der Waals surface area contributed by atoms with Gasteiger partial charge in [0.2, 0.25) is 11.8 Å². The maximum atomic E-state index is 12.7. The van der Waals surface area contributed by atoms with Gasteiger partial charge in [-0.1, -0.05) is 43.3 Å². The number of hydrogen-bond donors (Lipinski definition) is 3. The predicted molar refractivity (Wildman–Crippen MR) is 100 cm³/mol. The molecule has 0 fully saturated rings. The number of fused-ring (bicyclic) bond motifs is 1. The van der Waals surface area contributed by atoms with E-state index in [0.29, 0.717) is 13.0 Å². The Bertz CT molecular complexity index is 760. The summed E-state index contributed by atoms with van der Waals surface area (Å²) in [6.45, 7) is 5.49. The molecule has 0 aromatic heterocycles. The lowest BCUT2D eigenvalue weighted by molar-refractivity contribution is -0.136. The largest absolute Gasteiger partial charge is 0.410 e. The van der Waals surface area contributed by atoms with Crippen LogP contribution in [0.4, 0.5) is 0 Å².